The molecule has 8 heteroatoms. The maximum atomic E-state index is 11.5. The predicted octanol–water partition coefficient (Wildman–Crippen LogP) is 4.25. The third-order valence-electron chi connectivity index (χ3n) is 5.62. The molecule has 2 aliphatic rings. The van der Waals surface area contributed by atoms with Crippen LogP contribution in [-0.4, -0.2) is 55.1 Å². The summed E-state index contributed by atoms with van der Waals surface area (Å²) >= 11 is 12.5. The molecule has 2 aromatic rings. The molecular formula is C22H26Cl2N4O2. The second kappa shape index (κ2) is 9.86. The maximum Gasteiger partial charge on any atom is 0.224 e. The van der Waals surface area contributed by atoms with Crippen molar-refractivity contribution < 1.29 is 9.53 Å². The summed E-state index contributed by atoms with van der Waals surface area (Å²) in [6.45, 7) is 5.58. The molecule has 30 heavy (non-hydrogen) atoms. The smallest absolute Gasteiger partial charge is 0.224 e. The van der Waals surface area contributed by atoms with Crippen LogP contribution in [0.3, 0.4) is 0 Å². The fraction of sp³-hybridized carbons (Fsp3) is 0.455. The van der Waals surface area contributed by atoms with Crippen LogP contribution < -0.4 is 15.0 Å². The van der Waals surface area contributed by atoms with E-state index in [2.05, 4.69) is 20.1 Å². The van der Waals surface area contributed by atoms with Crippen LogP contribution in [0.5, 0.6) is 5.88 Å². The number of halogens is 2. The van der Waals surface area contributed by atoms with Crippen molar-refractivity contribution in [2.75, 3.05) is 49.5 Å². The number of anilines is 2. The van der Waals surface area contributed by atoms with Gasteiger partial charge in [0.15, 0.2) is 0 Å². The highest BCUT2D eigenvalue weighted by molar-refractivity contribution is 6.43. The number of fused-ring (bicyclic) bond motifs is 1. The Labute approximate surface area is 187 Å². The number of rotatable bonds is 7. The number of nitrogens with one attached hydrogen (secondary N) is 1. The van der Waals surface area contributed by atoms with E-state index in [9.17, 15) is 4.79 Å². The number of hydrogen-bond acceptors (Lipinski definition) is 5. The molecule has 0 bridgehead atoms. The minimum Gasteiger partial charge on any atom is -0.478 e. The van der Waals surface area contributed by atoms with E-state index >= 15 is 0 Å². The molecule has 1 N–H and O–H groups in total. The Morgan fingerprint density at radius 1 is 1.10 bits per heavy atom. The van der Waals surface area contributed by atoms with Gasteiger partial charge in [-0.1, -0.05) is 29.3 Å². The molecule has 6 nitrogen and oxygen atoms in total. The zero-order chi connectivity index (χ0) is 20.9. The van der Waals surface area contributed by atoms with Gasteiger partial charge in [-0.25, -0.2) is 4.98 Å². The molecule has 1 saturated heterocycles. The quantitative estimate of drug-likeness (QED) is 0.641. The molecule has 160 valence electrons. The molecule has 4 rings (SSSR count). The topological polar surface area (TPSA) is 57.7 Å². The highest BCUT2D eigenvalue weighted by Gasteiger charge is 2.19. The van der Waals surface area contributed by atoms with Crippen molar-refractivity contribution in [3.8, 4) is 5.88 Å². The molecule has 0 atom stereocenters. The molecule has 1 fully saturated rings. The van der Waals surface area contributed by atoms with Gasteiger partial charge in [0.25, 0.3) is 0 Å². The lowest BCUT2D eigenvalue weighted by Crippen LogP contribution is -2.46. The summed E-state index contributed by atoms with van der Waals surface area (Å²) in [7, 11) is 0. The van der Waals surface area contributed by atoms with E-state index in [0.29, 0.717) is 29.0 Å². The number of aryl methyl sites for hydroxylation is 1. The fourth-order valence-corrected chi connectivity index (χ4v) is 4.30. The highest BCUT2D eigenvalue weighted by atomic mass is 35.5. The summed E-state index contributed by atoms with van der Waals surface area (Å²) in [6, 6.07) is 7.62. The minimum atomic E-state index is 0.0531. The number of aromatic nitrogens is 1. The van der Waals surface area contributed by atoms with E-state index in [1.807, 2.05) is 24.3 Å². The molecule has 1 amide bonds. The van der Waals surface area contributed by atoms with E-state index < -0.39 is 0 Å². The molecule has 0 radical (unpaired) electrons. The van der Waals surface area contributed by atoms with Gasteiger partial charge in [0.05, 0.1) is 28.0 Å². The van der Waals surface area contributed by atoms with E-state index in [4.69, 9.17) is 27.9 Å². The molecule has 0 unspecified atom stereocenters. The van der Waals surface area contributed by atoms with Crippen LogP contribution in [-0.2, 0) is 11.2 Å². The van der Waals surface area contributed by atoms with Gasteiger partial charge >= 0.3 is 0 Å². The number of unbranched alkanes of at least 4 members (excludes halogenated alkanes) is 1. The van der Waals surface area contributed by atoms with Crippen molar-refractivity contribution in [1.82, 2.24) is 9.88 Å². The minimum absolute atomic E-state index is 0.0531. The molecule has 2 aliphatic heterocycles. The second-order valence-electron chi connectivity index (χ2n) is 7.69. The molecule has 0 aliphatic carbocycles. The fourth-order valence-electron chi connectivity index (χ4n) is 3.88. The van der Waals surface area contributed by atoms with Gasteiger partial charge in [0.2, 0.25) is 11.8 Å². The van der Waals surface area contributed by atoms with Crippen molar-refractivity contribution in [3.63, 3.8) is 0 Å². The predicted molar refractivity (Wildman–Crippen MR) is 121 cm³/mol. The Hall–Kier alpha value is -2.02. The number of hydrogen-bond donors (Lipinski definition) is 1. The first-order valence-corrected chi connectivity index (χ1v) is 11.2. The largest absolute Gasteiger partial charge is 0.478 e. The summed E-state index contributed by atoms with van der Waals surface area (Å²) in [4.78, 5) is 20.6. The van der Waals surface area contributed by atoms with Gasteiger partial charge in [-0.05, 0) is 43.5 Å². The van der Waals surface area contributed by atoms with Crippen LogP contribution in [0.25, 0.3) is 0 Å². The van der Waals surface area contributed by atoms with Crippen LogP contribution in [0.4, 0.5) is 11.4 Å². The number of ether oxygens (including phenoxy) is 1. The summed E-state index contributed by atoms with van der Waals surface area (Å²) in [5.74, 6) is 0.625. The molecule has 0 spiro atoms. The highest BCUT2D eigenvalue weighted by Crippen LogP contribution is 2.33. The van der Waals surface area contributed by atoms with Crippen LogP contribution in [0, 0.1) is 0 Å². The van der Waals surface area contributed by atoms with Crippen molar-refractivity contribution in [3.05, 3.63) is 46.1 Å². The summed E-state index contributed by atoms with van der Waals surface area (Å²) in [5, 5.41) is 4.12. The average molecular weight is 449 g/mol. The second-order valence-corrected chi connectivity index (χ2v) is 8.47. The number of benzene rings is 1. The monoisotopic (exact) mass is 448 g/mol. The van der Waals surface area contributed by atoms with Gasteiger partial charge in [-0.15, -0.1) is 0 Å². The maximum absolute atomic E-state index is 11.5. The molecule has 0 saturated carbocycles. The van der Waals surface area contributed by atoms with E-state index in [0.717, 1.165) is 68.9 Å². The number of carbonyl (C=O) groups is 1. The first-order valence-electron chi connectivity index (χ1n) is 10.4. The SMILES string of the molecule is O=C1CCc2cnc(OCCCCN3CCN(c4cccc(Cl)c4Cl)CC3)cc2N1. The Bertz CT molecular complexity index is 901. The lowest BCUT2D eigenvalue weighted by atomic mass is 10.1. The Kier molecular flexibility index (Phi) is 6.97. The van der Waals surface area contributed by atoms with E-state index in [-0.39, 0.29) is 5.91 Å². The standard InChI is InChI=1S/C22H26Cl2N4O2/c23-17-4-3-5-19(22(17)24)28-11-9-27(10-12-28)8-1-2-13-30-21-14-18-16(15-25-21)6-7-20(29)26-18/h3-5,14-15H,1-2,6-13H2,(H,26,29). The zero-order valence-electron chi connectivity index (χ0n) is 16.9. The third-order valence-corrected chi connectivity index (χ3v) is 6.43. The van der Waals surface area contributed by atoms with Gasteiger partial charge < -0.3 is 15.0 Å². The first-order chi connectivity index (χ1) is 14.6. The van der Waals surface area contributed by atoms with Crippen molar-refractivity contribution in [2.45, 2.75) is 25.7 Å². The van der Waals surface area contributed by atoms with Gasteiger partial charge in [-0.3, -0.25) is 9.69 Å². The van der Waals surface area contributed by atoms with Gasteiger partial charge in [0.1, 0.15) is 0 Å². The molecular weight excluding hydrogens is 423 g/mol. The zero-order valence-corrected chi connectivity index (χ0v) is 18.4. The third kappa shape index (κ3) is 5.17. The lowest BCUT2D eigenvalue weighted by Gasteiger charge is -2.36. The van der Waals surface area contributed by atoms with Crippen LogP contribution >= 0.6 is 23.2 Å². The van der Waals surface area contributed by atoms with E-state index in [1.165, 1.54) is 0 Å². The number of nitrogens with zero attached hydrogens (tertiary/aromatic N) is 3. The Morgan fingerprint density at radius 3 is 2.77 bits per heavy atom. The first kappa shape index (κ1) is 21.2. The number of piperazine rings is 1. The number of carbonyl (C=O) groups excluding carboxylic acids is 1. The van der Waals surface area contributed by atoms with Gasteiger partial charge in [0, 0.05) is 44.9 Å². The van der Waals surface area contributed by atoms with Crippen LogP contribution in [0.1, 0.15) is 24.8 Å². The summed E-state index contributed by atoms with van der Waals surface area (Å²) in [6.07, 6.45) is 5.10. The Balaban J connectivity index is 1.15. The van der Waals surface area contributed by atoms with Crippen molar-refractivity contribution >= 4 is 40.5 Å². The Morgan fingerprint density at radius 2 is 1.93 bits per heavy atom. The van der Waals surface area contributed by atoms with Crippen molar-refractivity contribution in [2.24, 2.45) is 0 Å². The number of pyridine rings is 1. The normalized spacial score (nSPS) is 16.9. The molecule has 1 aromatic carbocycles. The summed E-state index contributed by atoms with van der Waals surface area (Å²) in [5.41, 5.74) is 2.92. The van der Waals surface area contributed by atoms with E-state index in [1.54, 1.807) is 6.20 Å². The van der Waals surface area contributed by atoms with Gasteiger partial charge in [-0.2, -0.15) is 0 Å². The average Bonchev–Trinajstić information content (AvgIpc) is 2.76. The summed E-state index contributed by atoms with van der Waals surface area (Å²) < 4.78 is 5.78. The molecule has 3 heterocycles. The van der Waals surface area contributed by atoms with Crippen molar-refractivity contribution in [1.29, 1.82) is 0 Å². The molecule has 1 aromatic heterocycles. The van der Waals surface area contributed by atoms with Crippen LogP contribution in [0.2, 0.25) is 10.0 Å². The van der Waals surface area contributed by atoms with Crippen LogP contribution in [0.15, 0.2) is 30.5 Å². The number of amides is 1. The lowest BCUT2D eigenvalue weighted by molar-refractivity contribution is -0.116.